The van der Waals surface area contributed by atoms with Crippen molar-refractivity contribution in [3.05, 3.63) is 59.2 Å². The van der Waals surface area contributed by atoms with Crippen molar-refractivity contribution in [2.24, 2.45) is 0 Å². The smallest absolute Gasteiger partial charge is 0.129 e. The molecule has 0 bridgehead atoms. The maximum Gasteiger partial charge on any atom is 0.129 e. The van der Waals surface area contributed by atoms with Crippen LogP contribution in [-0.4, -0.2) is 17.8 Å². The van der Waals surface area contributed by atoms with Crippen LogP contribution in [0.25, 0.3) is 0 Å². The second-order valence-corrected chi connectivity index (χ2v) is 6.03. The van der Waals surface area contributed by atoms with E-state index in [4.69, 9.17) is 9.47 Å². The molecule has 3 heteroatoms. The minimum Gasteiger partial charge on any atom is -0.497 e. The highest BCUT2D eigenvalue weighted by Crippen LogP contribution is 2.46. The van der Waals surface area contributed by atoms with E-state index in [-0.39, 0.29) is 5.60 Å². The van der Waals surface area contributed by atoms with Crippen LogP contribution in [0.1, 0.15) is 29.2 Å². The van der Waals surface area contributed by atoms with Crippen molar-refractivity contribution < 1.29 is 14.6 Å². The van der Waals surface area contributed by atoms with Gasteiger partial charge in [-0.2, -0.15) is 0 Å². The van der Waals surface area contributed by atoms with Gasteiger partial charge in [-0.15, -0.1) is 0 Å². The van der Waals surface area contributed by atoms with Gasteiger partial charge in [0.2, 0.25) is 0 Å². The molecule has 3 nitrogen and oxygen atoms in total. The molecule has 0 aromatic heterocycles. The normalized spacial score (nSPS) is 21.5. The first kappa shape index (κ1) is 12.7. The molecule has 0 radical (unpaired) electrons. The zero-order chi connectivity index (χ0) is 14.4. The Balaban J connectivity index is 1.72. The topological polar surface area (TPSA) is 38.7 Å². The van der Waals surface area contributed by atoms with Gasteiger partial charge in [0, 0.05) is 30.9 Å². The van der Waals surface area contributed by atoms with Crippen molar-refractivity contribution in [1.29, 1.82) is 0 Å². The molecule has 1 heterocycles. The molecule has 21 heavy (non-hydrogen) atoms. The van der Waals surface area contributed by atoms with Crippen molar-refractivity contribution in [3.63, 3.8) is 0 Å². The first-order valence-electron chi connectivity index (χ1n) is 7.31. The largest absolute Gasteiger partial charge is 0.497 e. The van der Waals surface area contributed by atoms with Gasteiger partial charge in [0.05, 0.1) is 13.2 Å². The van der Waals surface area contributed by atoms with E-state index in [0.717, 1.165) is 29.9 Å². The van der Waals surface area contributed by atoms with E-state index in [1.165, 1.54) is 11.1 Å². The monoisotopic (exact) mass is 282 g/mol. The predicted octanol–water partition coefficient (Wildman–Crippen LogP) is 3.05. The van der Waals surface area contributed by atoms with Crippen molar-refractivity contribution in [3.8, 4) is 11.5 Å². The highest BCUT2D eigenvalue weighted by molar-refractivity contribution is 5.46. The molecule has 2 aliphatic rings. The molecule has 108 valence electrons. The summed E-state index contributed by atoms with van der Waals surface area (Å²) in [6.45, 7) is 0. The Morgan fingerprint density at radius 3 is 2.52 bits per heavy atom. The molecule has 1 atom stereocenters. The molecule has 4 rings (SSSR count). The Labute approximate surface area is 124 Å². The highest BCUT2D eigenvalue weighted by atomic mass is 16.5. The third kappa shape index (κ3) is 2.00. The molecule has 1 aliphatic heterocycles. The van der Waals surface area contributed by atoms with E-state index in [1.54, 1.807) is 7.11 Å². The molecular formula is C18H18O3. The lowest BCUT2D eigenvalue weighted by Crippen LogP contribution is -2.42. The lowest BCUT2D eigenvalue weighted by Gasteiger charge is -2.38. The first-order chi connectivity index (χ1) is 10.2. The summed E-state index contributed by atoms with van der Waals surface area (Å²) in [5.74, 6) is 1.51. The molecule has 2 aromatic carbocycles. The zero-order valence-electron chi connectivity index (χ0n) is 12.0. The van der Waals surface area contributed by atoms with Gasteiger partial charge in [0.15, 0.2) is 0 Å². The molecule has 0 saturated carbocycles. The number of methoxy groups -OCH3 is 1. The number of hydrogen-bond donors (Lipinski definition) is 1. The van der Waals surface area contributed by atoms with E-state index < -0.39 is 6.10 Å². The van der Waals surface area contributed by atoms with Gasteiger partial charge in [-0.05, 0) is 23.3 Å². The van der Waals surface area contributed by atoms with Crippen LogP contribution in [0.4, 0.5) is 0 Å². The summed E-state index contributed by atoms with van der Waals surface area (Å²) in [4.78, 5) is 0. The molecule has 0 saturated heterocycles. The van der Waals surface area contributed by atoms with E-state index in [0.29, 0.717) is 6.42 Å². The Morgan fingerprint density at radius 1 is 1.14 bits per heavy atom. The molecule has 1 unspecified atom stereocenters. The van der Waals surface area contributed by atoms with Crippen LogP contribution >= 0.6 is 0 Å². The van der Waals surface area contributed by atoms with Crippen LogP contribution in [-0.2, 0) is 12.8 Å². The second kappa shape index (κ2) is 4.50. The van der Waals surface area contributed by atoms with Crippen LogP contribution in [0, 0.1) is 0 Å². The molecule has 1 spiro atoms. The van der Waals surface area contributed by atoms with Gasteiger partial charge in [0.1, 0.15) is 17.1 Å². The lowest BCUT2D eigenvalue weighted by molar-refractivity contribution is -0.00720. The fourth-order valence-corrected chi connectivity index (χ4v) is 3.62. The lowest BCUT2D eigenvalue weighted by atomic mass is 9.86. The van der Waals surface area contributed by atoms with Crippen LogP contribution < -0.4 is 9.47 Å². The number of ether oxygens (including phenoxy) is 2. The van der Waals surface area contributed by atoms with Gasteiger partial charge in [-0.3, -0.25) is 0 Å². The van der Waals surface area contributed by atoms with Gasteiger partial charge >= 0.3 is 0 Å². The summed E-state index contributed by atoms with van der Waals surface area (Å²) >= 11 is 0. The SMILES string of the molecule is COc1ccc2c(c1)OC1(Cc3ccccc3C1)CC2O. The van der Waals surface area contributed by atoms with Crippen LogP contribution in [0.3, 0.4) is 0 Å². The third-order valence-electron chi connectivity index (χ3n) is 4.62. The van der Waals surface area contributed by atoms with E-state index in [1.807, 2.05) is 18.2 Å². The highest BCUT2D eigenvalue weighted by Gasteiger charge is 2.44. The fourth-order valence-electron chi connectivity index (χ4n) is 3.62. The van der Waals surface area contributed by atoms with Crippen LogP contribution in [0.2, 0.25) is 0 Å². The summed E-state index contributed by atoms with van der Waals surface area (Å²) in [5, 5.41) is 10.5. The number of hydrogen-bond acceptors (Lipinski definition) is 3. The maximum atomic E-state index is 10.5. The van der Waals surface area contributed by atoms with Crippen molar-refractivity contribution in [2.75, 3.05) is 7.11 Å². The molecule has 1 aliphatic carbocycles. The third-order valence-corrected chi connectivity index (χ3v) is 4.62. The first-order valence-corrected chi connectivity index (χ1v) is 7.31. The number of benzene rings is 2. The van der Waals surface area contributed by atoms with Crippen molar-refractivity contribution >= 4 is 0 Å². The Bertz CT molecular complexity index is 668. The fraction of sp³-hybridized carbons (Fsp3) is 0.333. The van der Waals surface area contributed by atoms with Crippen LogP contribution in [0.5, 0.6) is 11.5 Å². The van der Waals surface area contributed by atoms with Crippen molar-refractivity contribution in [1.82, 2.24) is 0 Å². The molecule has 2 aromatic rings. The molecule has 0 fully saturated rings. The minimum absolute atomic E-state index is 0.317. The van der Waals surface area contributed by atoms with E-state index in [9.17, 15) is 5.11 Å². The van der Waals surface area contributed by atoms with Gasteiger partial charge in [-0.1, -0.05) is 24.3 Å². The number of fused-ring (bicyclic) bond motifs is 2. The summed E-state index contributed by atoms with van der Waals surface area (Å²) in [5.41, 5.74) is 3.20. The average Bonchev–Trinajstić information content (AvgIpc) is 2.83. The van der Waals surface area contributed by atoms with Crippen LogP contribution in [0.15, 0.2) is 42.5 Å². The maximum absolute atomic E-state index is 10.5. The summed E-state index contributed by atoms with van der Waals surface area (Å²) in [6, 6.07) is 14.1. The molecule has 0 amide bonds. The number of aliphatic hydroxyl groups is 1. The Kier molecular flexibility index (Phi) is 2.73. The van der Waals surface area contributed by atoms with E-state index in [2.05, 4.69) is 24.3 Å². The minimum atomic E-state index is -0.478. The predicted molar refractivity (Wildman–Crippen MR) is 79.8 cm³/mol. The van der Waals surface area contributed by atoms with Gasteiger partial charge in [0.25, 0.3) is 0 Å². The Hall–Kier alpha value is -2.00. The average molecular weight is 282 g/mol. The summed E-state index contributed by atoms with van der Waals surface area (Å²) < 4.78 is 11.6. The summed E-state index contributed by atoms with van der Waals surface area (Å²) in [6.07, 6.45) is 1.88. The van der Waals surface area contributed by atoms with Gasteiger partial charge in [-0.25, -0.2) is 0 Å². The number of aliphatic hydroxyl groups excluding tert-OH is 1. The Morgan fingerprint density at radius 2 is 1.86 bits per heavy atom. The molecule has 1 N–H and O–H groups in total. The molecular weight excluding hydrogens is 264 g/mol. The van der Waals surface area contributed by atoms with Gasteiger partial charge < -0.3 is 14.6 Å². The second-order valence-electron chi connectivity index (χ2n) is 6.03. The number of rotatable bonds is 1. The standard InChI is InChI=1S/C18H18O3/c1-20-14-6-7-15-16(19)11-18(21-17(15)8-14)9-12-4-2-3-5-13(12)10-18/h2-8,16,19H,9-11H2,1H3. The quantitative estimate of drug-likeness (QED) is 0.873. The van der Waals surface area contributed by atoms with E-state index >= 15 is 0 Å². The van der Waals surface area contributed by atoms with Crippen molar-refractivity contribution in [2.45, 2.75) is 31.0 Å². The zero-order valence-corrected chi connectivity index (χ0v) is 12.0. The summed E-state index contributed by atoms with van der Waals surface area (Å²) in [7, 11) is 1.64.